The Hall–Kier alpha value is -1.92. The lowest BCUT2D eigenvalue weighted by Gasteiger charge is -2.22. The summed E-state index contributed by atoms with van der Waals surface area (Å²) in [6.07, 6.45) is 80.2. The molecule has 0 aliphatic carbocycles. The standard InChI is InChI=1S/C68H129NO5/c1-3-5-7-9-11-13-15-17-19-20-30-34-38-42-46-50-54-58-62-68(73)74-63-59-55-51-47-43-39-35-31-28-26-24-22-21-23-25-27-29-33-37-41-45-49-53-57-61-67(72)69-65(64-70)66(71)60-56-52-48-44-40-36-32-18-16-14-12-10-8-6-4-2/h13,15,19-20,23,25,65-66,70-71H,3-12,14,16-18,21-22,24,26-64H2,1-2H3,(H,69,72)/b15-13-,20-19-,25-23-. The van der Waals surface area contributed by atoms with Gasteiger partial charge in [-0.1, -0.05) is 301 Å². The van der Waals surface area contributed by atoms with E-state index in [1.807, 2.05) is 0 Å². The number of carbonyl (C=O) groups excluding carboxylic acids is 2. The summed E-state index contributed by atoms with van der Waals surface area (Å²) in [4.78, 5) is 24.6. The van der Waals surface area contributed by atoms with E-state index >= 15 is 0 Å². The number of allylic oxidation sites excluding steroid dienone is 6. The van der Waals surface area contributed by atoms with Crippen LogP contribution >= 0.6 is 0 Å². The molecular formula is C68H129NO5. The maximum absolute atomic E-state index is 12.5. The number of ether oxygens (including phenoxy) is 1. The van der Waals surface area contributed by atoms with Crippen LogP contribution in [0, 0.1) is 0 Å². The monoisotopic (exact) mass is 1040 g/mol. The minimum Gasteiger partial charge on any atom is -0.466 e. The van der Waals surface area contributed by atoms with Crippen LogP contribution < -0.4 is 5.32 Å². The van der Waals surface area contributed by atoms with Gasteiger partial charge in [0, 0.05) is 12.8 Å². The zero-order valence-electron chi connectivity index (χ0n) is 49.8. The Morgan fingerprint density at radius 3 is 1.05 bits per heavy atom. The van der Waals surface area contributed by atoms with E-state index in [0.29, 0.717) is 25.9 Å². The summed E-state index contributed by atoms with van der Waals surface area (Å²) >= 11 is 0. The van der Waals surface area contributed by atoms with Gasteiger partial charge in [0.25, 0.3) is 0 Å². The third-order valence-corrected chi connectivity index (χ3v) is 15.4. The molecule has 0 aliphatic rings. The number of hydrogen-bond acceptors (Lipinski definition) is 5. The number of nitrogens with one attached hydrogen (secondary N) is 1. The lowest BCUT2D eigenvalue weighted by Crippen LogP contribution is -2.45. The molecule has 3 N–H and O–H groups in total. The molecule has 0 saturated carbocycles. The van der Waals surface area contributed by atoms with E-state index in [1.54, 1.807) is 0 Å². The molecule has 0 spiro atoms. The smallest absolute Gasteiger partial charge is 0.305 e. The van der Waals surface area contributed by atoms with Crippen molar-refractivity contribution in [2.24, 2.45) is 0 Å². The fourth-order valence-electron chi connectivity index (χ4n) is 10.3. The molecule has 0 bridgehead atoms. The highest BCUT2D eigenvalue weighted by Crippen LogP contribution is 2.18. The van der Waals surface area contributed by atoms with Crippen molar-refractivity contribution in [1.82, 2.24) is 5.32 Å². The molecule has 0 aliphatic heterocycles. The van der Waals surface area contributed by atoms with E-state index in [0.717, 1.165) is 51.4 Å². The summed E-state index contributed by atoms with van der Waals surface area (Å²) in [6.45, 7) is 4.95. The summed E-state index contributed by atoms with van der Waals surface area (Å²) in [6, 6.07) is -0.545. The zero-order valence-corrected chi connectivity index (χ0v) is 49.8. The van der Waals surface area contributed by atoms with Gasteiger partial charge < -0.3 is 20.3 Å². The van der Waals surface area contributed by atoms with E-state index in [2.05, 4.69) is 55.6 Å². The number of aliphatic hydroxyl groups is 2. The molecule has 0 rings (SSSR count). The molecule has 436 valence electrons. The van der Waals surface area contributed by atoms with Crippen molar-refractivity contribution in [2.75, 3.05) is 13.2 Å². The van der Waals surface area contributed by atoms with Crippen LogP contribution in [0.2, 0.25) is 0 Å². The second kappa shape index (κ2) is 63.6. The van der Waals surface area contributed by atoms with Crippen LogP contribution in [-0.2, 0) is 14.3 Å². The van der Waals surface area contributed by atoms with Crippen molar-refractivity contribution >= 4 is 11.9 Å². The van der Waals surface area contributed by atoms with Crippen molar-refractivity contribution in [1.29, 1.82) is 0 Å². The molecule has 1 amide bonds. The van der Waals surface area contributed by atoms with E-state index in [4.69, 9.17) is 4.74 Å². The normalized spacial score (nSPS) is 12.8. The molecule has 0 radical (unpaired) electrons. The van der Waals surface area contributed by atoms with Crippen molar-refractivity contribution in [3.05, 3.63) is 36.5 Å². The van der Waals surface area contributed by atoms with Crippen LogP contribution in [0.4, 0.5) is 0 Å². The maximum Gasteiger partial charge on any atom is 0.305 e. The van der Waals surface area contributed by atoms with Gasteiger partial charge in [0.1, 0.15) is 0 Å². The first-order chi connectivity index (χ1) is 36.5. The molecule has 2 unspecified atom stereocenters. The predicted octanol–water partition coefficient (Wildman–Crippen LogP) is 21.1. The van der Waals surface area contributed by atoms with Gasteiger partial charge >= 0.3 is 5.97 Å². The highest BCUT2D eigenvalue weighted by atomic mass is 16.5. The summed E-state index contributed by atoms with van der Waals surface area (Å²) in [5.74, 6) is -0.0323. The molecule has 6 heteroatoms. The second-order valence-electron chi connectivity index (χ2n) is 22.8. The predicted molar refractivity (Wildman–Crippen MR) is 324 cm³/mol. The van der Waals surface area contributed by atoms with Crippen molar-refractivity contribution < 1.29 is 24.5 Å². The van der Waals surface area contributed by atoms with E-state index < -0.39 is 12.1 Å². The summed E-state index contributed by atoms with van der Waals surface area (Å²) < 4.78 is 5.50. The zero-order chi connectivity index (χ0) is 53.6. The van der Waals surface area contributed by atoms with Gasteiger partial charge in [0.15, 0.2) is 0 Å². The van der Waals surface area contributed by atoms with Crippen molar-refractivity contribution in [3.8, 4) is 0 Å². The topological polar surface area (TPSA) is 95.9 Å². The molecule has 0 saturated heterocycles. The minimum absolute atomic E-state index is 0.00551. The first kappa shape index (κ1) is 72.1. The van der Waals surface area contributed by atoms with Gasteiger partial charge in [-0.3, -0.25) is 9.59 Å². The average molecular weight is 1040 g/mol. The highest BCUT2D eigenvalue weighted by Gasteiger charge is 2.20. The number of rotatable bonds is 62. The van der Waals surface area contributed by atoms with Crippen LogP contribution in [0.1, 0.15) is 361 Å². The van der Waals surface area contributed by atoms with E-state index in [1.165, 1.54) is 276 Å². The van der Waals surface area contributed by atoms with Gasteiger partial charge in [-0.25, -0.2) is 0 Å². The van der Waals surface area contributed by atoms with E-state index in [-0.39, 0.29) is 18.5 Å². The first-order valence-electron chi connectivity index (χ1n) is 33.2. The number of aliphatic hydroxyl groups excluding tert-OH is 2. The highest BCUT2D eigenvalue weighted by molar-refractivity contribution is 5.76. The fourth-order valence-corrected chi connectivity index (χ4v) is 10.3. The molecule has 74 heavy (non-hydrogen) atoms. The lowest BCUT2D eigenvalue weighted by molar-refractivity contribution is -0.143. The number of esters is 1. The summed E-state index contributed by atoms with van der Waals surface area (Å²) in [5.41, 5.74) is 0. The van der Waals surface area contributed by atoms with Gasteiger partial charge in [-0.15, -0.1) is 0 Å². The van der Waals surface area contributed by atoms with Gasteiger partial charge in [0.05, 0.1) is 25.4 Å². The number of amides is 1. The Morgan fingerprint density at radius 2 is 0.676 bits per heavy atom. The van der Waals surface area contributed by atoms with Crippen LogP contribution in [-0.4, -0.2) is 47.4 Å². The van der Waals surface area contributed by atoms with Gasteiger partial charge in [-0.2, -0.15) is 0 Å². The Labute approximate surface area is 462 Å². The lowest BCUT2D eigenvalue weighted by atomic mass is 10.0. The molecule has 2 atom stereocenters. The maximum atomic E-state index is 12.5. The Kier molecular flexibility index (Phi) is 62.0. The molecule has 6 nitrogen and oxygen atoms in total. The van der Waals surface area contributed by atoms with Crippen LogP contribution in [0.15, 0.2) is 36.5 Å². The summed E-state index contributed by atoms with van der Waals surface area (Å²) in [5, 5.41) is 23.3. The number of unbranched alkanes of at least 4 members (excludes halogenated alkanes) is 45. The van der Waals surface area contributed by atoms with E-state index in [9.17, 15) is 19.8 Å². The first-order valence-corrected chi connectivity index (χ1v) is 33.2. The van der Waals surface area contributed by atoms with Gasteiger partial charge in [0.2, 0.25) is 5.91 Å². The Bertz CT molecular complexity index is 1200. The quantitative estimate of drug-likeness (QED) is 0.0320. The molecule has 0 aromatic carbocycles. The van der Waals surface area contributed by atoms with Crippen LogP contribution in [0.5, 0.6) is 0 Å². The van der Waals surface area contributed by atoms with Crippen molar-refractivity contribution in [2.45, 2.75) is 373 Å². The second-order valence-corrected chi connectivity index (χ2v) is 22.8. The summed E-state index contributed by atoms with van der Waals surface area (Å²) in [7, 11) is 0. The molecule has 0 heterocycles. The minimum atomic E-state index is -0.667. The van der Waals surface area contributed by atoms with Crippen molar-refractivity contribution in [3.63, 3.8) is 0 Å². The average Bonchev–Trinajstić information content (AvgIpc) is 3.40. The fraction of sp³-hybridized carbons (Fsp3) is 0.882. The van der Waals surface area contributed by atoms with Gasteiger partial charge in [-0.05, 0) is 83.5 Å². The SMILES string of the molecule is CCCCCC/C=C\C/C=C\CCCCCCCCCC(=O)OCCCCCCCCCCCCCC/C=C\CCCCCCCCCCC(=O)NC(CO)C(O)CCCCCCCCCCCCCCCCC. The molecular weight excluding hydrogens is 911 g/mol. The number of hydrogen-bond donors (Lipinski definition) is 3. The third-order valence-electron chi connectivity index (χ3n) is 15.4. The molecule has 0 fully saturated rings. The third kappa shape index (κ3) is 59.3. The largest absolute Gasteiger partial charge is 0.466 e. The van der Waals surface area contributed by atoms with Crippen LogP contribution in [0.25, 0.3) is 0 Å². The molecule has 0 aromatic heterocycles. The number of carbonyl (C=O) groups is 2. The Balaban J connectivity index is 3.39. The Morgan fingerprint density at radius 1 is 0.378 bits per heavy atom. The van der Waals surface area contributed by atoms with Crippen LogP contribution in [0.3, 0.4) is 0 Å². The molecule has 0 aromatic rings.